The van der Waals surface area contributed by atoms with Gasteiger partial charge in [-0.15, -0.1) is 0 Å². The lowest BCUT2D eigenvalue weighted by molar-refractivity contribution is -0.112. The molecule has 2 unspecified atom stereocenters. The summed E-state index contributed by atoms with van der Waals surface area (Å²) in [5, 5.41) is 3.26. The quantitative estimate of drug-likeness (QED) is 0.565. The molecule has 2 aliphatic rings. The zero-order valence-electron chi connectivity index (χ0n) is 7.74. The number of carbonyl (C=O) groups excluding carboxylic acids is 1. The molecule has 0 aliphatic carbocycles. The van der Waals surface area contributed by atoms with Crippen molar-refractivity contribution in [2.24, 2.45) is 5.92 Å². The Balaban J connectivity index is 1.93. The van der Waals surface area contributed by atoms with Crippen molar-refractivity contribution in [1.82, 2.24) is 10.2 Å². The maximum Gasteiger partial charge on any atom is 0.125 e. The molecule has 4 nitrogen and oxygen atoms in total. The first kappa shape index (κ1) is 9.12. The van der Waals surface area contributed by atoms with Gasteiger partial charge in [-0.05, 0) is 0 Å². The summed E-state index contributed by atoms with van der Waals surface area (Å²) >= 11 is 0. The van der Waals surface area contributed by atoms with Gasteiger partial charge in [0.2, 0.25) is 0 Å². The second-order valence-corrected chi connectivity index (χ2v) is 3.67. The van der Waals surface area contributed by atoms with Gasteiger partial charge < -0.3 is 14.8 Å². The Kier molecular flexibility index (Phi) is 2.93. The Bertz CT molecular complexity index is 180. The van der Waals surface area contributed by atoms with Crippen molar-refractivity contribution in [2.75, 3.05) is 39.4 Å². The number of carbonyl (C=O) groups is 1. The van der Waals surface area contributed by atoms with E-state index in [4.69, 9.17) is 4.74 Å². The highest BCUT2D eigenvalue weighted by Crippen LogP contribution is 2.15. The molecular formula is C9H16N2O2. The van der Waals surface area contributed by atoms with Crippen molar-refractivity contribution in [3.63, 3.8) is 0 Å². The molecule has 0 aromatic heterocycles. The minimum absolute atomic E-state index is 0.179. The highest BCUT2D eigenvalue weighted by molar-refractivity contribution is 5.56. The van der Waals surface area contributed by atoms with Gasteiger partial charge in [-0.2, -0.15) is 0 Å². The van der Waals surface area contributed by atoms with Crippen LogP contribution >= 0.6 is 0 Å². The van der Waals surface area contributed by atoms with E-state index in [1.807, 2.05) is 0 Å². The molecular weight excluding hydrogens is 168 g/mol. The normalized spacial score (nSPS) is 36.3. The van der Waals surface area contributed by atoms with Crippen LogP contribution in [0.25, 0.3) is 0 Å². The van der Waals surface area contributed by atoms with Gasteiger partial charge in [0.25, 0.3) is 0 Å². The van der Waals surface area contributed by atoms with E-state index >= 15 is 0 Å². The van der Waals surface area contributed by atoms with Crippen LogP contribution in [0, 0.1) is 5.92 Å². The molecule has 0 amide bonds. The maximum atomic E-state index is 10.8. The highest BCUT2D eigenvalue weighted by Gasteiger charge is 2.32. The molecule has 0 saturated carbocycles. The van der Waals surface area contributed by atoms with E-state index in [1.54, 1.807) is 0 Å². The van der Waals surface area contributed by atoms with Crippen molar-refractivity contribution >= 4 is 6.29 Å². The first-order chi connectivity index (χ1) is 6.42. The lowest BCUT2D eigenvalue weighted by Crippen LogP contribution is -2.47. The smallest absolute Gasteiger partial charge is 0.125 e. The van der Waals surface area contributed by atoms with Crippen LogP contribution in [0.5, 0.6) is 0 Å². The number of aldehydes is 1. The van der Waals surface area contributed by atoms with Gasteiger partial charge in [0, 0.05) is 38.1 Å². The van der Waals surface area contributed by atoms with Crippen molar-refractivity contribution < 1.29 is 9.53 Å². The Morgan fingerprint density at radius 2 is 2.08 bits per heavy atom. The molecule has 0 aromatic carbocycles. The van der Waals surface area contributed by atoms with Gasteiger partial charge in [0.05, 0.1) is 13.2 Å². The fourth-order valence-electron chi connectivity index (χ4n) is 2.13. The van der Waals surface area contributed by atoms with Gasteiger partial charge >= 0.3 is 0 Å². The van der Waals surface area contributed by atoms with E-state index in [9.17, 15) is 4.79 Å². The van der Waals surface area contributed by atoms with Crippen molar-refractivity contribution in [2.45, 2.75) is 6.04 Å². The van der Waals surface area contributed by atoms with Gasteiger partial charge in [0.15, 0.2) is 0 Å². The summed E-state index contributed by atoms with van der Waals surface area (Å²) in [6.45, 7) is 5.34. The molecule has 13 heavy (non-hydrogen) atoms. The molecule has 4 heteroatoms. The first-order valence-electron chi connectivity index (χ1n) is 4.89. The summed E-state index contributed by atoms with van der Waals surface area (Å²) in [6.07, 6.45) is 1.08. The first-order valence-corrected chi connectivity index (χ1v) is 4.89. The van der Waals surface area contributed by atoms with Crippen molar-refractivity contribution in [3.8, 4) is 0 Å². The number of hydrogen-bond donors (Lipinski definition) is 1. The van der Waals surface area contributed by atoms with Crippen LogP contribution in [-0.2, 0) is 9.53 Å². The maximum absolute atomic E-state index is 10.8. The van der Waals surface area contributed by atoms with Gasteiger partial charge in [-0.1, -0.05) is 0 Å². The van der Waals surface area contributed by atoms with Crippen molar-refractivity contribution in [1.29, 1.82) is 0 Å². The van der Waals surface area contributed by atoms with E-state index < -0.39 is 0 Å². The van der Waals surface area contributed by atoms with Crippen LogP contribution in [-0.4, -0.2) is 56.6 Å². The average molecular weight is 184 g/mol. The lowest BCUT2D eigenvalue weighted by Gasteiger charge is -2.33. The van der Waals surface area contributed by atoms with Crippen LogP contribution in [0.4, 0.5) is 0 Å². The van der Waals surface area contributed by atoms with Crippen molar-refractivity contribution in [3.05, 3.63) is 0 Å². The zero-order chi connectivity index (χ0) is 9.10. The fourth-order valence-corrected chi connectivity index (χ4v) is 2.13. The molecule has 2 heterocycles. The third-order valence-electron chi connectivity index (χ3n) is 2.92. The van der Waals surface area contributed by atoms with Crippen LogP contribution in [0.3, 0.4) is 0 Å². The number of nitrogens with zero attached hydrogens (tertiary/aromatic N) is 1. The third-order valence-corrected chi connectivity index (χ3v) is 2.92. The zero-order valence-corrected chi connectivity index (χ0v) is 7.74. The molecule has 74 valence electrons. The highest BCUT2D eigenvalue weighted by atomic mass is 16.5. The predicted octanol–water partition coefficient (Wildman–Crippen LogP) is -0.894. The van der Waals surface area contributed by atoms with E-state index in [1.165, 1.54) is 0 Å². The Morgan fingerprint density at radius 1 is 1.31 bits per heavy atom. The minimum Gasteiger partial charge on any atom is -0.379 e. The van der Waals surface area contributed by atoms with Crippen LogP contribution in [0.1, 0.15) is 0 Å². The molecule has 0 aromatic rings. The summed E-state index contributed by atoms with van der Waals surface area (Å²) in [5.74, 6) is 0.179. The topological polar surface area (TPSA) is 41.6 Å². The van der Waals surface area contributed by atoms with Gasteiger partial charge in [0.1, 0.15) is 6.29 Å². The molecule has 2 fully saturated rings. The monoisotopic (exact) mass is 184 g/mol. The van der Waals surface area contributed by atoms with Gasteiger partial charge in [-0.25, -0.2) is 0 Å². The van der Waals surface area contributed by atoms with E-state index in [-0.39, 0.29) is 5.92 Å². The standard InChI is InChI=1S/C9H16N2O2/c12-7-8-5-10-6-9(8)11-1-3-13-4-2-11/h7-10H,1-6H2. The average Bonchev–Trinajstić information content (AvgIpc) is 2.67. The molecule has 2 rings (SSSR count). The molecule has 2 saturated heterocycles. The summed E-state index contributed by atoms with van der Waals surface area (Å²) in [4.78, 5) is 13.1. The Hall–Kier alpha value is -0.450. The summed E-state index contributed by atoms with van der Waals surface area (Å²) in [7, 11) is 0. The number of nitrogens with one attached hydrogen (secondary N) is 1. The summed E-state index contributed by atoms with van der Waals surface area (Å²) in [5.41, 5.74) is 0. The molecule has 0 bridgehead atoms. The Labute approximate surface area is 78.2 Å². The largest absolute Gasteiger partial charge is 0.379 e. The summed E-state index contributed by atoms with van der Waals surface area (Å²) in [6, 6.07) is 0.404. The van der Waals surface area contributed by atoms with Gasteiger partial charge in [-0.3, -0.25) is 4.90 Å². The third kappa shape index (κ3) is 1.90. The second kappa shape index (κ2) is 4.17. The molecule has 0 spiro atoms. The molecule has 2 aliphatic heterocycles. The predicted molar refractivity (Wildman–Crippen MR) is 48.6 cm³/mol. The number of ether oxygens (including phenoxy) is 1. The number of morpholine rings is 1. The molecule has 1 N–H and O–H groups in total. The van der Waals surface area contributed by atoms with Crippen LogP contribution in [0.15, 0.2) is 0 Å². The fraction of sp³-hybridized carbons (Fsp3) is 0.889. The number of hydrogen-bond acceptors (Lipinski definition) is 4. The van der Waals surface area contributed by atoms with Crippen LogP contribution < -0.4 is 5.32 Å². The molecule has 0 radical (unpaired) electrons. The Morgan fingerprint density at radius 3 is 2.77 bits per heavy atom. The minimum atomic E-state index is 0.179. The lowest BCUT2D eigenvalue weighted by atomic mass is 10.0. The van der Waals surface area contributed by atoms with E-state index in [0.29, 0.717) is 6.04 Å². The SMILES string of the molecule is O=CC1CNCC1N1CCOCC1. The van der Waals surface area contributed by atoms with E-state index in [2.05, 4.69) is 10.2 Å². The summed E-state index contributed by atoms with van der Waals surface area (Å²) < 4.78 is 5.28. The van der Waals surface area contributed by atoms with Crippen LogP contribution in [0.2, 0.25) is 0 Å². The molecule has 2 atom stereocenters. The van der Waals surface area contributed by atoms with E-state index in [0.717, 1.165) is 45.7 Å². The number of rotatable bonds is 2. The second-order valence-electron chi connectivity index (χ2n) is 3.67.